The van der Waals surface area contributed by atoms with Crippen LogP contribution in [-0.2, 0) is 0 Å². The van der Waals surface area contributed by atoms with Gasteiger partial charge in [-0.1, -0.05) is 27.7 Å². The van der Waals surface area contributed by atoms with Crippen LogP contribution in [-0.4, -0.2) is 18.2 Å². The van der Waals surface area contributed by atoms with Gasteiger partial charge in [0, 0.05) is 0 Å². The molecule has 1 heterocycles. The van der Waals surface area contributed by atoms with Gasteiger partial charge in [0.25, 0.3) is 0 Å². The number of rotatable bonds is 0. The third-order valence-electron chi connectivity index (χ3n) is 2.17. The maximum absolute atomic E-state index is 11.2. The Morgan fingerprint density at radius 3 is 1.64 bits per heavy atom. The molecule has 2 heteroatoms. The molecule has 1 fully saturated rings. The smallest absolute Gasteiger partial charge is 0.00918 e. The van der Waals surface area contributed by atoms with Gasteiger partial charge < -0.3 is 10.3 Å². The number of hydrogen-bond acceptors (Lipinski definition) is 2. The molecule has 0 saturated carbocycles. The van der Waals surface area contributed by atoms with E-state index >= 15 is 0 Å². The second-order valence-electron chi connectivity index (χ2n) is 5.30. The van der Waals surface area contributed by atoms with E-state index in [0.29, 0.717) is 13.1 Å². The fourth-order valence-electron chi connectivity index (χ4n) is 2.42. The Morgan fingerprint density at radius 2 is 1.36 bits per heavy atom. The van der Waals surface area contributed by atoms with Crippen molar-refractivity contribution in [2.45, 2.75) is 34.1 Å². The van der Waals surface area contributed by atoms with Crippen LogP contribution in [0.4, 0.5) is 0 Å². The summed E-state index contributed by atoms with van der Waals surface area (Å²) in [6.45, 7) is 10.0. The topological polar surface area (TPSA) is 26.3 Å². The molecular formula is C9H18NO-. The van der Waals surface area contributed by atoms with Crippen LogP contribution in [0.25, 0.3) is 0 Å². The largest absolute Gasteiger partial charge is 0.785 e. The molecule has 0 atom stereocenters. The van der Waals surface area contributed by atoms with Crippen molar-refractivity contribution in [2.75, 3.05) is 13.1 Å². The predicted octanol–water partition coefficient (Wildman–Crippen LogP) is 2.24. The summed E-state index contributed by atoms with van der Waals surface area (Å²) in [4.78, 5) is 0. The minimum absolute atomic E-state index is 0.198. The molecule has 66 valence electrons. The zero-order valence-electron chi connectivity index (χ0n) is 7.98. The summed E-state index contributed by atoms with van der Waals surface area (Å²) < 4.78 is 0. The van der Waals surface area contributed by atoms with Gasteiger partial charge in [0.1, 0.15) is 0 Å². The van der Waals surface area contributed by atoms with Crippen LogP contribution in [0.2, 0.25) is 0 Å². The van der Waals surface area contributed by atoms with Gasteiger partial charge in [-0.05, 0) is 30.3 Å². The zero-order valence-corrected chi connectivity index (χ0v) is 7.98. The number of piperidine rings is 1. The average molecular weight is 156 g/mol. The maximum Gasteiger partial charge on any atom is -0.00918 e. The van der Waals surface area contributed by atoms with Crippen molar-refractivity contribution in [3.63, 3.8) is 0 Å². The molecule has 1 aliphatic heterocycles. The first-order valence-electron chi connectivity index (χ1n) is 4.23. The first kappa shape index (κ1) is 9.01. The van der Waals surface area contributed by atoms with E-state index in [2.05, 4.69) is 27.7 Å². The standard InChI is InChI=1S/C9H18NO/c1-8(2)5-9(3,4)7-10(11)6-8/h5-7H2,1-4H3/q-1. The van der Waals surface area contributed by atoms with E-state index in [1.54, 1.807) is 0 Å². The second kappa shape index (κ2) is 2.46. The number of nitrogens with zero attached hydrogens (tertiary/aromatic N) is 1. The van der Waals surface area contributed by atoms with Crippen molar-refractivity contribution >= 4 is 0 Å². The van der Waals surface area contributed by atoms with Gasteiger partial charge in [-0.3, -0.25) is 0 Å². The normalized spacial score (nSPS) is 30.3. The van der Waals surface area contributed by atoms with Gasteiger partial charge in [-0.15, -0.1) is 0 Å². The van der Waals surface area contributed by atoms with E-state index < -0.39 is 0 Å². The van der Waals surface area contributed by atoms with E-state index in [4.69, 9.17) is 0 Å². The lowest BCUT2D eigenvalue weighted by atomic mass is 9.72. The fourth-order valence-corrected chi connectivity index (χ4v) is 2.42. The molecule has 0 spiro atoms. The Morgan fingerprint density at radius 1 is 1.00 bits per heavy atom. The average Bonchev–Trinajstić information content (AvgIpc) is 1.49. The van der Waals surface area contributed by atoms with Crippen LogP contribution in [0.3, 0.4) is 0 Å². The highest BCUT2D eigenvalue weighted by Crippen LogP contribution is 2.38. The predicted molar refractivity (Wildman–Crippen MR) is 47.1 cm³/mol. The molecule has 0 unspecified atom stereocenters. The lowest BCUT2D eigenvalue weighted by Gasteiger charge is -2.50. The quantitative estimate of drug-likeness (QED) is 0.537. The Labute approximate surface area is 69.2 Å². The maximum atomic E-state index is 11.2. The lowest BCUT2D eigenvalue weighted by molar-refractivity contribution is 0.0575. The van der Waals surface area contributed by atoms with Gasteiger partial charge in [0.2, 0.25) is 0 Å². The van der Waals surface area contributed by atoms with Gasteiger partial charge in [0.15, 0.2) is 0 Å². The first-order valence-corrected chi connectivity index (χ1v) is 4.23. The van der Waals surface area contributed by atoms with Gasteiger partial charge in [0.05, 0.1) is 0 Å². The summed E-state index contributed by atoms with van der Waals surface area (Å²) in [5.74, 6) is 0. The van der Waals surface area contributed by atoms with E-state index in [1.165, 1.54) is 5.06 Å². The molecule has 0 amide bonds. The Bertz CT molecular complexity index is 136. The summed E-state index contributed by atoms with van der Waals surface area (Å²) in [5, 5.41) is 12.4. The van der Waals surface area contributed by atoms with Crippen molar-refractivity contribution in [3.05, 3.63) is 5.21 Å². The highest BCUT2D eigenvalue weighted by Gasteiger charge is 2.33. The summed E-state index contributed by atoms with van der Waals surface area (Å²) in [5.41, 5.74) is 0.396. The van der Waals surface area contributed by atoms with Gasteiger partial charge >= 0.3 is 0 Å². The minimum atomic E-state index is 0.198. The Kier molecular flexibility index (Phi) is 2.01. The summed E-state index contributed by atoms with van der Waals surface area (Å²) in [7, 11) is 0. The molecule has 1 aliphatic rings. The van der Waals surface area contributed by atoms with Gasteiger partial charge in [-0.2, -0.15) is 0 Å². The highest BCUT2D eigenvalue weighted by atomic mass is 16.5. The first-order chi connectivity index (χ1) is 4.81. The minimum Gasteiger partial charge on any atom is -0.785 e. The highest BCUT2D eigenvalue weighted by molar-refractivity contribution is 4.89. The number of hydrogen-bond donors (Lipinski definition) is 0. The molecule has 1 rings (SSSR count). The van der Waals surface area contributed by atoms with E-state index in [-0.39, 0.29) is 10.8 Å². The molecule has 0 radical (unpaired) electrons. The lowest BCUT2D eigenvalue weighted by Crippen LogP contribution is -2.45. The Hall–Kier alpha value is -0.0800. The molecule has 2 nitrogen and oxygen atoms in total. The Balaban J connectivity index is 2.66. The molecule has 1 saturated heterocycles. The van der Waals surface area contributed by atoms with E-state index in [1.807, 2.05) is 0 Å². The number of hydroxylamine groups is 2. The summed E-state index contributed by atoms with van der Waals surface area (Å²) in [6, 6.07) is 0. The van der Waals surface area contributed by atoms with Crippen LogP contribution in [0, 0.1) is 16.0 Å². The van der Waals surface area contributed by atoms with Crippen molar-refractivity contribution in [1.82, 2.24) is 5.06 Å². The van der Waals surface area contributed by atoms with Crippen LogP contribution >= 0.6 is 0 Å². The molecule has 11 heavy (non-hydrogen) atoms. The van der Waals surface area contributed by atoms with Crippen molar-refractivity contribution < 1.29 is 0 Å². The summed E-state index contributed by atoms with van der Waals surface area (Å²) in [6.07, 6.45) is 1.15. The van der Waals surface area contributed by atoms with Crippen LogP contribution in [0.15, 0.2) is 0 Å². The van der Waals surface area contributed by atoms with Crippen molar-refractivity contribution in [2.24, 2.45) is 10.8 Å². The van der Waals surface area contributed by atoms with Crippen LogP contribution < -0.4 is 0 Å². The van der Waals surface area contributed by atoms with Crippen LogP contribution in [0.5, 0.6) is 0 Å². The molecule has 0 aliphatic carbocycles. The molecule has 0 aromatic carbocycles. The molecule has 0 aromatic rings. The summed E-state index contributed by atoms with van der Waals surface area (Å²) >= 11 is 0. The van der Waals surface area contributed by atoms with E-state index in [0.717, 1.165) is 6.42 Å². The third kappa shape index (κ3) is 2.46. The van der Waals surface area contributed by atoms with Crippen molar-refractivity contribution in [3.8, 4) is 0 Å². The van der Waals surface area contributed by atoms with Crippen LogP contribution in [0.1, 0.15) is 34.1 Å². The molecule has 0 bridgehead atoms. The SMILES string of the molecule is CC1(C)CN([O-])CC(C)(C)C1. The second-order valence-corrected chi connectivity index (χ2v) is 5.30. The molecular weight excluding hydrogens is 138 g/mol. The molecule has 0 aromatic heterocycles. The van der Waals surface area contributed by atoms with E-state index in [9.17, 15) is 5.21 Å². The van der Waals surface area contributed by atoms with Crippen molar-refractivity contribution in [1.29, 1.82) is 0 Å². The molecule has 0 N–H and O–H groups in total. The third-order valence-corrected chi connectivity index (χ3v) is 2.17. The van der Waals surface area contributed by atoms with Gasteiger partial charge in [-0.25, -0.2) is 0 Å². The fraction of sp³-hybridized carbons (Fsp3) is 1.00. The monoisotopic (exact) mass is 156 g/mol. The zero-order chi connectivity index (χ0) is 8.70.